The number of nitrogens with zero attached hydrogens (tertiary/aromatic N) is 1. The number of hydrogen-bond donors (Lipinski definition) is 1. The fourth-order valence-corrected chi connectivity index (χ4v) is 4.78. The molecule has 6 heteroatoms. The quantitative estimate of drug-likeness (QED) is 0.927. The lowest BCUT2D eigenvalue weighted by Crippen LogP contribution is -2.42. The molecule has 1 aliphatic heterocycles. The number of benzene rings is 1. The Morgan fingerprint density at radius 2 is 2.20 bits per heavy atom. The molecule has 1 saturated heterocycles. The molecule has 2 rings (SSSR count). The van der Waals surface area contributed by atoms with Crippen LogP contribution in [0.2, 0.25) is 5.02 Å². The summed E-state index contributed by atoms with van der Waals surface area (Å²) in [6, 6.07) is 5.09. The fourth-order valence-electron chi connectivity index (χ4n) is 2.65. The molecule has 0 unspecified atom stereocenters. The lowest BCUT2D eigenvalue weighted by Gasteiger charge is -2.32. The number of rotatable bonds is 4. The van der Waals surface area contributed by atoms with Gasteiger partial charge < -0.3 is 5.32 Å². The minimum absolute atomic E-state index is 0.217. The Bertz CT molecular complexity index is 573. The summed E-state index contributed by atoms with van der Waals surface area (Å²) in [5.74, 6) is 0.368. The lowest BCUT2D eigenvalue weighted by atomic mass is 10.00. The maximum absolute atomic E-state index is 12.7. The summed E-state index contributed by atoms with van der Waals surface area (Å²) in [6.45, 7) is 3.87. The summed E-state index contributed by atoms with van der Waals surface area (Å²) in [6.07, 6.45) is 1.96. The van der Waals surface area contributed by atoms with Crippen molar-refractivity contribution in [3.05, 3.63) is 28.8 Å². The first-order chi connectivity index (χ1) is 9.45. The van der Waals surface area contributed by atoms with Gasteiger partial charge in [-0.25, -0.2) is 8.42 Å². The fraction of sp³-hybridized carbons (Fsp3) is 0.571. The number of hydrogen-bond acceptors (Lipinski definition) is 3. The summed E-state index contributed by atoms with van der Waals surface area (Å²) in [5, 5.41) is 3.43. The molecule has 1 fully saturated rings. The molecule has 112 valence electrons. The van der Waals surface area contributed by atoms with Gasteiger partial charge in [-0.3, -0.25) is 0 Å². The van der Waals surface area contributed by atoms with Crippen molar-refractivity contribution in [3.8, 4) is 0 Å². The third kappa shape index (κ3) is 3.34. The van der Waals surface area contributed by atoms with Crippen LogP contribution < -0.4 is 5.32 Å². The van der Waals surface area contributed by atoms with Crippen molar-refractivity contribution < 1.29 is 8.42 Å². The van der Waals surface area contributed by atoms with Crippen LogP contribution in [0.3, 0.4) is 0 Å². The molecule has 0 amide bonds. The molecule has 1 aromatic rings. The zero-order valence-electron chi connectivity index (χ0n) is 11.9. The van der Waals surface area contributed by atoms with Crippen LogP contribution in [0, 0.1) is 12.8 Å². The molecule has 0 spiro atoms. The molecule has 1 aromatic carbocycles. The van der Waals surface area contributed by atoms with E-state index >= 15 is 0 Å². The molecular formula is C14H21ClN2O2S. The highest BCUT2D eigenvalue weighted by atomic mass is 35.5. The standard InChI is InChI=1S/C14H21ClN2O2S/c1-11-5-6-14(13(15)8-11)20(18,19)17-7-3-4-12(10-17)9-16-2/h5-6,8,12,16H,3-4,7,9-10H2,1-2H3/t12-/m1/s1. The summed E-state index contributed by atoms with van der Waals surface area (Å²) >= 11 is 6.11. The van der Waals surface area contributed by atoms with Crippen LogP contribution in [-0.4, -0.2) is 39.4 Å². The third-order valence-corrected chi connectivity index (χ3v) is 6.03. The molecule has 1 N–H and O–H groups in total. The molecule has 20 heavy (non-hydrogen) atoms. The van der Waals surface area contributed by atoms with E-state index in [9.17, 15) is 8.42 Å². The van der Waals surface area contributed by atoms with E-state index in [4.69, 9.17) is 11.6 Å². The molecule has 0 aromatic heterocycles. The Morgan fingerprint density at radius 3 is 2.85 bits per heavy atom. The SMILES string of the molecule is CNC[C@H]1CCCN(S(=O)(=O)c2ccc(C)cc2Cl)C1. The van der Waals surface area contributed by atoms with Crippen molar-refractivity contribution in [2.45, 2.75) is 24.7 Å². The minimum Gasteiger partial charge on any atom is -0.319 e. The normalized spacial score (nSPS) is 21.1. The summed E-state index contributed by atoms with van der Waals surface area (Å²) in [5.41, 5.74) is 0.959. The van der Waals surface area contributed by atoms with Gasteiger partial charge in [0.1, 0.15) is 4.90 Å². The van der Waals surface area contributed by atoms with Gasteiger partial charge in [-0.05, 0) is 57.0 Å². The number of piperidine rings is 1. The summed E-state index contributed by atoms with van der Waals surface area (Å²) in [7, 11) is -1.59. The molecular weight excluding hydrogens is 296 g/mol. The van der Waals surface area contributed by atoms with Crippen LogP contribution >= 0.6 is 11.6 Å². The number of sulfonamides is 1. The zero-order chi connectivity index (χ0) is 14.8. The second-order valence-electron chi connectivity index (χ2n) is 5.36. The van der Waals surface area contributed by atoms with Crippen molar-refractivity contribution >= 4 is 21.6 Å². The molecule has 0 bridgehead atoms. The van der Waals surface area contributed by atoms with Gasteiger partial charge in [0.15, 0.2) is 0 Å². The molecule has 1 heterocycles. The Hall–Kier alpha value is -0.620. The van der Waals surface area contributed by atoms with Crippen molar-refractivity contribution in [1.82, 2.24) is 9.62 Å². The highest BCUT2D eigenvalue weighted by Crippen LogP contribution is 2.28. The number of aryl methyl sites for hydroxylation is 1. The van der Waals surface area contributed by atoms with E-state index in [0.29, 0.717) is 24.0 Å². The van der Waals surface area contributed by atoms with Crippen LogP contribution in [-0.2, 0) is 10.0 Å². The van der Waals surface area contributed by atoms with Gasteiger partial charge in [-0.2, -0.15) is 4.31 Å². The van der Waals surface area contributed by atoms with Crippen molar-refractivity contribution in [2.24, 2.45) is 5.92 Å². The van der Waals surface area contributed by atoms with E-state index in [2.05, 4.69) is 5.32 Å². The van der Waals surface area contributed by atoms with Gasteiger partial charge in [0.2, 0.25) is 10.0 Å². The van der Waals surface area contributed by atoms with Gasteiger partial charge in [0.05, 0.1) is 5.02 Å². The first-order valence-electron chi connectivity index (χ1n) is 6.86. The molecule has 0 radical (unpaired) electrons. The molecule has 0 aliphatic carbocycles. The zero-order valence-corrected chi connectivity index (χ0v) is 13.5. The van der Waals surface area contributed by atoms with Gasteiger partial charge in [-0.15, -0.1) is 0 Å². The average molecular weight is 317 g/mol. The van der Waals surface area contributed by atoms with Gasteiger partial charge in [0, 0.05) is 13.1 Å². The third-order valence-electron chi connectivity index (χ3n) is 3.68. The summed E-state index contributed by atoms with van der Waals surface area (Å²) < 4.78 is 26.9. The van der Waals surface area contributed by atoms with Gasteiger partial charge >= 0.3 is 0 Å². The second-order valence-corrected chi connectivity index (χ2v) is 7.68. The van der Waals surface area contributed by atoms with Crippen molar-refractivity contribution in [3.63, 3.8) is 0 Å². The Kier molecular flexibility index (Phi) is 5.07. The lowest BCUT2D eigenvalue weighted by molar-refractivity contribution is 0.263. The van der Waals surface area contributed by atoms with Crippen LogP contribution in [0.5, 0.6) is 0 Å². The van der Waals surface area contributed by atoms with Crippen LogP contribution in [0.15, 0.2) is 23.1 Å². The predicted molar refractivity (Wildman–Crippen MR) is 81.6 cm³/mol. The van der Waals surface area contributed by atoms with Gasteiger partial charge in [0.25, 0.3) is 0 Å². The predicted octanol–water partition coefficient (Wildman–Crippen LogP) is 2.27. The van der Waals surface area contributed by atoms with Crippen LogP contribution in [0.25, 0.3) is 0 Å². The molecule has 1 aliphatic rings. The van der Waals surface area contributed by atoms with E-state index in [0.717, 1.165) is 24.9 Å². The summed E-state index contributed by atoms with van der Waals surface area (Å²) in [4.78, 5) is 0.217. The number of halogens is 1. The van der Waals surface area contributed by atoms with E-state index in [1.54, 1.807) is 22.5 Å². The van der Waals surface area contributed by atoms with Crippen LogP contribution in [0.1, 0.15) is 18.4 Å². The molecule has 0 saturated carbocycles. The monoisotopic (exact) mass is 316 g/mol. The maximum atomic E-state index is 12.7. The Morgan fingerprint density at radius 1 is 1.45 bits per heavy atom. The molecule has 4 nitrogen and oxygen atoms in total. The van der Waals surface area contributed by atoms with Crippen molar-refractivity contribution in [1.29, 1.82) is 0 Å². The van der Waals surface area contributed by atoms with E-state index in [1.165, 1.54) is 0 Å². The molecule has 1 atom stereocenters. The van der Waals surface area contributed by atoms with E-state index in [1.807, 2.05) is 14.0 Å². The average Bonchev–Trinajstić information content (AvgIpc) is 2.39. The minimum atomic E-state index is -3.49. The van der Waals surface area contributed by atoms with Gasteiger partial charge in [-0.1, -0.05) is 17.7 Å². The van der Waals surface area contributed by atoms with Crippen LogP contribution in [0.4, 0.5) is 0 Å². The second kappa shape index (κ2) is 6.43. The topological polar surface area (TPSA) is 49.4 Å². The first kappa shape index (κ1) is 15.8. The largest absolute Gasteiger partial charge is 0.319 e. The Labute approximate surface area is 126 Å². The highest BCUT2D eigenvalue weighted by Gasteiger charge is 2.31. The number of nitrogens with one attached hydrogen (secondary N) is 1. The first-order valence-corrected chi connectivity index (χ1v) is 8.68. The van der Waals surface area contributed by atoms with E-state index in [-0.39, 0.29) is 4.90 Å². The smallest absolute Gasteiger partial charge is 0.244 e. The maximum Gasteiger partial charge on any atom is 0.244 e. The van der Waals surface area contributed by atoms with E-state index < -0.39 is 10.0 Å². The van der Waals surface area contributed by atoms with Crippen molar-refractivity contribution in [2.75, 3.05) is 26.7 Å². The Balaban J connectivity index is 2.25. The highest BCUT2D eigenvalue weighted by molar-refractivity contribution is 7.89.